The van der Waals surface area contributed by atoms with Crippen molar-refractivity contribution >= 4 is 11.7 Å². The Kier molecular flexibility index (Phi) is 5.51. The van der Waals surface area contributed by atoms with Gasteiger partial charge in [0.25, 0.3) is 0 Å². The maximum absolute atomic E-state index is 12.7. The van der Waals surface area contributed by atoms with Crippen LogP contribution in [-0.4, -0.2) is 35.7 Å². The van der Waals surface area contributed by atoms with Gasteiger partial charge in [-0.3, -0.25) is 0 Å². The van der Waals surface area contributed by atoms with E-state index in [1.807, 2.05) is 0 Å². The molecule has 23 heavy (non-hydrogen) atoms. The molecule has 0 bridgehead atoms. The summed E-state index contributed by atoms with van der Waals surface area (Å²) in [6.07, 6.45) is -1.16. The molecule has 0 unspecified atom stereocenters. The highest BCUT2D eigenvalue weighted by molar-refractivity contribution is 5.89. The second-order valence-electron chi connectivity index (χ2n) is 5.98. The summed E-state index contributed by atoms with van der Waals surface area (Å²) in [4.78, 5) is 13.7. The zero-order valence-electron chi connectivity index (χ0n) is 12.9. The third kappa shape index (κ3) is 4.60. The molecule has 2 N–H and O–H groups in total. The maximum atomic E-state index is 12.7. The van der Waals surface area contributed by atoms with E-state index in [2.05, 4.69) is 5.32 Å². The number of aliphatic hydroxyl groups is 1. The fourth-order valence-electron chi connectivity index (χ4n) is 2.87. The van der Waals surface area contributed by atoms with Gasteiger partial charge in [-0.2, -0.15) is 13.2 Å². The Labute approximate surface area is 133 Å². The minimum absolute atomic E-state index is 0.0450. The van der Waals surface area contributed by atoms with Gasteiger partial charge in [-0.1, -0.05) is 6.07 Å². The summed E-state index contributed by atoms with van der Waals surface area (Å²) >= 11 is 0. The predicted octanol–water partition coefficient (Wildman–Crippen LogP) is 3.72. The van der Waals surface area contributed by atoms with Crippen molar-refractivity contribution in [3.8, 4) is 0 Å². The van der Waals surface area contributed by atoms with E-state index < -0.39 is 17.8 Å². The van der Waals surface area contributed by atoms with Crippen LogP contribution in [0.2, 0.25) is 0 Å². The van der Waals surface area contributed by atoms with Gasteiger partial charge < -0.3 is 15.3 Å². The Morgan fingerprint density at radius 1 is 1.30 bits per heavy atom. The van der Waals surface area contributed by atoms with Crippen molar-refractivity contribution < 1.29 is 23.1 Å². The number of rotatable bonds is 3. The molecular formula is C16H21F3N2O2. The highest BCUT2D eigenvalue weighted by Gasteiger charge is 2.31. The quantitative estimate of drug-likeness (QED) is 0.887. The van der Waals surface area contributed by atoms with E-state index in [-0.39, 0.29) is 24.3 Å². The van der Waals surface area contributed by atoms with Gasteiger partial charge in [0.1, 0.15) is 0 Å². The number of nitrogens with one attached hydrogen (secondary N) is 1. The lowest BCUT2D eigenvalue weighted by Crippen LogP contribution is -2.42. The largest absolute Gasteiger partial charge is 0.416 e. The molecule has 2 rings (SSSR count). The standard InChI is InChI=1S/C16H21F3N2O2/c1-21(14-7-5-11(10-22)6-8-14)15(23)20-13-4-2-3-12(9-13)16(17,18)19/h2-4,9,11,14,22H,5-8,10H2,1H3,(H,20,23). The second kappa shape index (κ2) is 7.21. The Morgan fingerprint density at radius 2 is 1.96 bits per heavy atom. The van der Waals surface area contributed by atoms with E-state index in [0.29, 0.717) is 0 Å². The summed E-state index contributed by atoms with van der Waals surface area (Å²) in [5, 5.41) is 11.6. The predicted molar refractivity (Wildman–Crippen MR) is 81.1 cm³/mol. The van der Waals surface area contributed by atoms with Crippen molar-refractivity contribution in [3.05, 3.63) is 29.8 Å². The van der Waals surface area contributed by atoms with E-state index in [0.717, 1.165) is 37.8 Å². The zero-order chi connectivity index (χ0) is 17.0. The van der Waals surface area contributed by atoms with Gasteiger partial charge >= 0.3 is 12.2 Å². The number of hydrogen-bond acceptors (Lipinski definition) is 2. The maximum Gasteiger partial charge on any atom is 0.416 e. The number of benzene rings is 1. The van der Waals surface area contributed by atoms with Gasteiger partial charge in [0, 0.05) is 25.4 Å². The van der Waals surface area contributed by atoms with E-state index in [1.165, 1.54) is 17.0 Å². The molecule has 0 aliphatic heterocycles. The Bertz CT molecular complexity index is 540. The minimum atomic E-state index is -4.44. The molecule has 0 heterocycles. The molecule has 0 saturated heterocycles. The molecule has 4 nitrogen and oxygen atoms in total. The molecule has 1 saturated carbocycles. The lowest BCUT2D eigenvalue weighted by molar-refractivity contribution is -0.137. The number of carbonyl (C=O) groups excluding carboxylic acids is 1. The summed E-state index contributed by atoms with van der Waals surface area (Å²) in [7, 11) is 1.65. The van der Waals surface area contributed by atoms with Crippen LogP contribution in [0, 0.1) is 5.92 Å². The molecule has 0 atom stereocenters. The van der Waals surface area contributed by atoms with Crippen LogP contribution in [0.4, 0.5) is 23.7 Å². The van der Waals surface area contributed by atoms with Gasteiger partial charge in [-0.25, -0.2) is 4.79 Å². The van der Waals surface area contributed by atoms with Crippen LogP contribution in [-0.2, 0) is 6.18 Å². The lowest BCUT2D eigenvalue weighted by Gasteiger charge is -2.34. The molecule has 2 amide bonds. The van der Waals surface area contributed by atoms with E-state index in [9.17, 15) is 18.0 Å². The number of carbonyl (C=O) groups is 1. The van der Waals surface area contributed by atoms with E-state index in [4.69, 9.17) is 5.11 Å². The molecule has 1 aromatic carbocycles. The number of hydrogen-bond donors (Lipinski definition) is 2. The lowest BCUT2D eigenvalue weighted by atomic mass is 9.86. The fraction of sp³-hybridized carbons (Fsp3) is 0.562. The van der Waals surface area contributed by atoms with Crippen LogP contribution in [0.1, 0.15) is 31.2 Å². The average Bonchev–Trinajstić information content (AvgIpc) is 2.53. The molecule has 7 heteroatoms. The van der Waals surface area contributed by atoms with Crippen molar-refractivity contribution in [1.29, 1.82) is 0 Å². The highest BCUT2D eigenvalue weighted by atomic mass is 19.4. The molecule has 1 aliphatic carbocycles. The van der Waals surface area contributed by atoms with E-state index in [1.54, 1.807) is 7.05 Å². The van der Waals surface area contributed by atoms with Crippen LogP contribution in [0.3, 0.4) is 0 Å². The number of nitrogens with zero attached hydrogens (tertiary/aromatic N) is 1. The molecule has 128 valence electrons. The molecule has 0 radical (unpaired) electrons. The number of urea groups is 1. The van der Waals surface area contributed by atoms with E-state index >= 15 is 0 Å². The zero-order valence-corrected chi connectivity index (χ0v) is 12.9. The van der Waals surface area contributed by atoms with Crippen molar-refractivity contribution in [2.75, 3.05) is 19.0 Å². The van der Waals surface area contributed by atoms with Crippen molar-refractivity contribution in [2.45, 2.75) is 37.9 Å². The Balaban J connectivity index is 1.96. The van der Waals surface area contributed by atoms with Gasteiger partial charge in [-0.05, 0) is 49.8 Å². The number of alkyl halides is 3. The number of aliphatic hydroxyl groups excluding tert-OH is 1. The van der Waals surface area contributed by atoms with Gasteiger partial charge in [-0.15, -0.1) is 0 Å². The number of amides is 2. The second-order valence-corrected chi connectivity index (χ2v) is 5.98. The topological polar surface area (TPSA) is 52.6 Å². The van der Waals surface area contributed by atoms with Crippen LogP contribution in [0.25, 0.3) is 0 Å². The number of anilines is 1. The van der Waals surface area contributed by atoms with Gasteiger partial charge in [0.2, 0.25) is 0 Å². The molecule has 1 fully saturated rings. The fourth-order valence-corrected chi connectivity index (χ4v) is 2.87. The smallest absolute Gasteiger partial charge is 0.396 e. The Hall–Kier alpha value is -1.76. The summed E-state index contributed by atoms with van der Waals surface area (Å²) < 4.78 is 38.0. The monoisotopic (exact) mass is 330 g/mol. The molecule has 0 aromatic heterocycles. The normalized spacial score (nSPS) is 21.8. The third-order valence-corrected chi connectivity index (χ3v) is 4.38. The first-order valence-corrected chi connectivity index (χ1v) is 7.63. The first-order valence-electron chi connectivity index (χ1n) is 7.63. The summed E-state index contributed by atoms with van der Waals surface area (Å²) in [6, 6.07) is 4.22. The van der Waals surface area contributed by atoms with Crippen LogP contribution < -0.4 is 5.32 Å². The van der Waals surface area contributed by atoms with Gasteiger partial charge in [0.05, 0.1) is 5.56 Å². The SMILES string of the molecule is CN(C(=O)Nc1cccc(C(F)(F)F)c1)C1CCC(CO)CC1. The highest BCUT2D eigenvalue weighted by Crippen LogP contribution is 2.31. The van der Waals surface area contributed by atoms with Crippen LogP contribution >= 0.6 is 0 Å². The molecule has 0 spiro atoms. The average molecular weight is 330 g/mol. The summed E-state index contributed by atoms with van der Waals surface area (Å²) in [6.45, 7) is 0.160. The first kappa shape index (κ1) is 17.6. The third-order valence-electron chi connectivity index (χ3n) is 4.38. The minimum Gasteiger partial charge on any atom is -0.396 e. The Morgan fingerprint density at radius 3 is 2.52 bits per heavy atom. The summed E-state index contributed by atoms with van der Waals surface area (Å²) in [5.74, 6) is 0.283. The first-order chi connectivity index (χ1) is 10.8. The number of halogens is 3. The molecule has 1 aromatic rings. The van der Waals surface area contributed by atoms with Crippen molar-refractivity contribution in [3.63, 3.8) is 0 Å². The van der Waals surface area contributed by atoms with Crippen molar-refractivity contribution in [1.82, 2.24) is 4.90 Å². The molecule has 1 aliphatic rings. The van der Waals surface area contributed by atoms with Crippen LogP contribution in [0.15, 0.2) is 24.3 Å². The van der Waals surface area contributed by atoms with Crippen molar-refractivity contribution in [2.24, 2.45) is 5.92 Å². The molecular weight excluding hydrogens is 309 g/mol. The van der Waals surface area contributed by atoms with Gasteiger partial charge in [0.15, 0.2) is 0 Å². The summed E-state index contributed by atoms with van der Waals surface area (Å²) in [5.41, 5.74) is -0.665. The van der Waals surface area contributed by atoms with Crippen LogP contribution in [0.5, 0.6) is 0 Å².